The predicted molar refractivity (Wildman–Crippen MR) is 284 cm³/mol. The van der Waals surface area contributed by atoms with E-state index in [1.54, 1.807) is 34.0 Å². The summed E-state index contributed by atoms with van der Waals surface area (Å²) in [5, 5.41) is 78.9. The van der Waals surface area contributed by atoms with E-state index in [0.29, 0.717) is 25.7 Å². The van der Waals surface area contributed by atoms with Gasteiger partial charge in [-0.2, -0.15) is 0 Å². The zero-order chi connectivity index (χ0) is 59.4. The van der Waals surface area contributed by atoms with E-state index in [1.165, 1.54) is 34.1 Å². The zero-order valence-corrected chi connectivity index (χ0v) is 48.4. The van der Waals surface area contributed by atoms with Crippen molar-refractivity contribution < 1.29 is 112 Å². The Morgan fingerprint density at radius 1 is 0.683 bits per heavy atom. The average molecular weight is 1160 g/mol. The van der Waals surface area contributed by atoms with Gasteiger partial charge in [-0.15, -0.1) is 0 Å². The first-order valence-corrected chi connectivity index (χ1v) is 28.8. The van der Waals surface area contributed by atoms with Crippen molar-refractivity contribution in [3.8, 4) is 0 Å². The molecule has 23 nitrogen and oxygen atoms in total. The molecule has 0 amide bonds. The number of Topliss-reactive ketones (excluding diaryl/α,β-unsaturated/α-hetero) is 1. The molecule has 0 bridgehead atoms. The molecule has 1 aromatic rings. The number of ether oxygens (including phenoxy) is 13. The second-order valence-corrected chi connectivity index (χ2v) is 24.2. The van der Waals surface area contributed by atoms with Crippen LogP contribution < -0.4 is 0 Å². The number of hydrogen-bond donors (Lipinski definition) is 7. The number of aliphatic hydroxyl groups excluding tert-OH is 5. The van der Waals surface area contributed by atoms with E-state index in [9.17, 15) is 50.1 Å². The maximum absolute atomic E-state index is 13.9. The molecule has 1 aromatic carbocycles. The smallest absolute Gasteiger partial charge is 0.331 e. The number of fused-ring (bicyclic) bond motifs is 5. The molecule has 4 saturated heterocycles. The molecule has 4 heterocycles. The number of hydrogen-bond acceptors (Lipinski definition) is 23. The fourth-order valence-corrected chi connectivity index (χ4v) is 15.3. The van der Waals surface area contributed by atoms with Gasteiger partial charge in [-0.05, 0) is 83.3 Å². The molecule has 0 spiro atoms. The van der Waals surface area contributed by atoms with Crippen LogP contribution >= 0.6 is 0 Å². The Bertz CT molecular complexity index is 2440. The van der Waals surface area contributed by atoms with Crippen molar-refractivity contribution in [3.05, 3.63) is 53.6 Å². The largest absolute Gasteiger partial charge is 0.458 e. The number of esters is 2. The highest BCUT2D eigenvalue weighted by atomic mass is 16.8. The topological polar surface area (TPSA) is 313 Å². The lowest BCUT2D eigenvalue weighted by Gasteiger charge is -2.68. The van der Waals surface area contributed by atoms with Crippen molar-refractivity contribution >= 4 is 23.8 Å². The molecular formula is C59H86O23. The number of carbonyl (C=O) groups is 3. The second kappa shape index (κ2) is 25.1. The maximum atomic E-state index is 13.9. The SMILES string of the molecule is CO[C@H]1[C@@H](O)[C@H](O[C@@H]2[C@@H](C)O[C@@H](O[C@H]3[C@@H](OC)C[C@H](O[C@H]4CC[C@@]5(C)C(=CC[C@]6(O)[C@@H]5[C@H](OC(C)=O)[C@@H](OC(=O)/C=C/c5ccccc5)[C@]5(C)[C@@H](C(C)=O)CC[C@@]56O)C4)O[C@@H]3C)C[C@H]2OC)O[C@H](C)[C@H]1O[C@@H]1O[C@H](CO)[C@@H](O)[C@H](O)[C@H]1O. The maximum Gasteiger partial charge on any atom is 0.331 e. The minimum absolute atomic E-state index is 0.0183. The Balaban J connectivity index is 0.842. The first kappa shape index (κ1) is 63.1. The van der Waals surface area contributed by atoms with Crippen LogP contribution in [-0.2, 0) is 76.0 Å². The lowest BCUT2D eigenvalue weighted by molar-refractivity contribution is -0.373. The predicted octanol–water partition coefficient (Wildman–Crippen LogP) is 1.92. The molecule has 4 aliphatic heterocycles. The molecule has 3 saturated carbocycles. The van der Waals surface area contributed by atoms with Crippen molar-refractivity contribution in [3.63, 3.8) is 0 Å². The second-order valence-electron chi connectivity index (χ2n) is 24.2. The molecular weight excluding hydrogens is 1080 g/mol. The highest BCUT2D eigenvalue weighted by molar-refractivity contribution is 5.87. The summed E-state index contributed by atoms with van der Waals surface area (Å²) in [6, 6.07) is 9.17. The molecule has 23 heteroatoms. The number of methoxy groups -OCH3 is 3. The van der Waals surface area contributed by atoms with Crippen molar-refractivity contribution in [2.45, 2.75) is 240 Å². The number of ketones is 1. The lowest BCUT2D eigenvalue weighted by atomic mass is 9.42. The van der Waals surface area contributed by atoms with Gasteiger partial charge in [-0.3, -0.25) is 9.59 Å². The summed E-state index contributed by atoms with van der Waals surface area (Å²) in [5.74, 6) is -3.44. The molecule has 4 aliphatic carbocycles. The minimum Gasteiger partial charge on any atom is -0.458 e. The summed E-state index contributed by atoms with van der Waals surface area (Å²) in [6.45, 7) is 11.0. The average Bonchev–Trinajstić information content (AvgIpc) is 2.08. The Kier molecular flexibility index (Phi) is 19.3. The van der Waals surface area contributed by atoms with Crippen molar-refractivity contribution in [2.24, 2.45) is 22.7 Å². The molecule has 9 rings (SSSR count). The standard InChI is InChI=1S/C59H86O23/c1-28(61)36-20-23-59(69)57(36,7)53(79-40(63)17-16-33-14-12-11-13-15-33)51(76-32(5)62)52-56(6)21-19-35(24-34(56)18-22-58(52,59)68)77-41-25-37(70-8)47(29(2)73-41)80-42-26-38(71-9)48(30(3)74-42)81-55-46(67)50(72-10)49(31(4)75-55)82-54-45(66)44(65)43(64)39(27-60)78-54/h11-18,29-31,35-39,41-55,60,64-69H,19-27H2,1-10H3/b17-16+/t29-,30-,31-,35+,36-,37+,38-,39-,41+,42+,43-,44+,45-,46-,47-,48-,49-,50+,51+,52-,53-,54+,55+,56+,57+,58+,59-/m1/s1. The van der Waals surface area contributed by atoms with Gasteiger partial charge in [-0.25, -0.2) is 4.79 Å². The molecule has 0 radical (unpaired) electrons. The molecule has 0 aromatic heterocycles. The van der Waals surface area contributed by atoms with E-state index < -0.39 is 175 Å². The monoisotopic (exact) mass is 1160 g/mol. The third-order valence-corrected chi connectivity index (χ3v) is 19.6. The van der Waals surface area contributed by atoms with Crippen LogP contribution in [0.4, 0.5) is 0 Å². The molecule has 7 fully saturated rings. The van der Waals surface area contributed by atoms with E-state index >= 15 is 0 Å². The third-order valence-electron chi connectivity index (χ3n) is 19.6. The first-order valence-electron chi connectivity index (χ1n) is 28.8. The van der Waals surface area contributed by atoms with Crippen LogP contribution in [-0.4, -0.2) is 222 Å². The van der Waals surface area contributed by atoms with Gasteiger partial charge >= 0.3 is 11.9 Å². The first-order chi connectivity index (χ1) is 38.9. The third kappa shape index (κ3) is 11.4. The summed E-state index contributed by atoms with van der Waals surface area (Å²) in [4.78, 5) is 40.6. The Hall–Kier alpha value is -3.41. The number of aliphatic hydroxyl groups is 7. The van der Waals surface area contributed by atoms with Gasteiger partial charge in [0.25, 0.3) is 0 Å². The van der Waals surface area contributed by atoms with Crippen molar-refractivity contribution in [1.29, 1.82) is 0 Å². The van der Waals surface area contributed by atoms with Gasteiger partial charge in [0.05, 0.1) is 43.2 Å². The summed E-state index contributed by atoms with van der Waals surface area (Å²) >= 11 is 0. The van der Waals surface area contributed by atoms with Crippen LogP contribution in [0, 0.1) is 22.7 Å². The molecule has 460 valence electrons. The highest BCUT2D eigenvalue weighted by Crippen LogP contribution is 2.70. The molecule has 82 heavy (non-hydrogen) atoms. The Morgan fingerprint density at radius 2 is 1.29 bits per heavy atom. The quantitative estimate of drug-likeness (QED) is 0.0666. The van der Waals surface area contributed by atoms with Crippen LogP contribution in [0.5, 0.6) is 0 Å². The minimum atomic E-state index is -1.93. The fraction of sp³-hybridized carbons (Fsp3) is 0.780. The van der Waals surface area contributed by atoms with E-state index in [4.69, 9.17) is 61.6 Å². The van der Waals surface area contributed by atoms with Crippen LogP contribution in [0.2, 0.25) is 0 Å². The Labute approximate surface area is 478 Å². The lowest BCUT2D eigenvalue weighted by Crippen LogP contribution is -2.80. The van der Waals surface area contributed by atoms with Gasteiger partial charge in [0.1, 0.15) is 84.1 Å². The molecule has 8 aliphatic rings. The normalized spacial score (nSPS) is 47.6. The van der Waals surface area contributed by atoms with Crippen LogP contribution in [0.25, 0.3) is 6.08 Å². The van der Waals surface area contributed by atoms with Crippen LogP contribution in [0.3, 0.4) is 0 Å². The van der Waals surface area contributed by atoms with Gasteiger partial charge in [0.15, 0.2) is 25.2 Å². The number of rotatable bonds is 17. The summed E-state index contributed by atoms with van der Waals surface area (Å²) in [6.07, 6.45) is -14.6. The number of benzene rings is 1. The highest BCUT2D eigenvalue weighted by Gasteiger charge is 2.81. The fourth-order valence-electron chi connectivity index (χ4n) is 15.3. The number of carbonyl (C=O) groups excluding carboxylic acids is 3. The zero-order valence-electron chi connectivity index (χ0n) is 48.4. The van der Waals surface area contributed by atoms with E-state index in [2.05, 4.69) is 0 Å². The van der Waals surface area contributed by atoms with Crippen molar-refractivity contribution in [2.75, 3.05) is 27.9 Å². The van der Waals surface area contributed by atoms with Gasteiger partial charge in [0.2, 0.25) is 0 Å². The molecule has 27 atom stereocenters. The van der Waals surface area contributed by atoms with E-state index in [0.717, 1.165) is 11.1 Å². The van der Waals surface area contributed by atoms with Crippen LogP contribution in [0.1, 0.15) is 105 Å². The Morgan fingerprint density at radius 3 is 1.90 bits per heavy atom. The summed E-state index contributed by atoms with van der Waals surface area (Å²) in [5.41, 5.74) is -4.60. The van der Waals surface area contributed by atoms with Gasteiger partial charge < -0.3 is 97.3 Å². The van der Waals surface area contributed by atoms with E-state index in [1.807, 2.05) is 50.3 Å². The molecule has 0 unspecified atom stereocenters. The van der Waals surface area contributed by atoms with Crippen molar-refractivity contribution in [1.82, 2.24) is 0 Å². The summed E-state index contributed by atoms with van der Waals surface area (Å²) in [7, 11) is 4.46. The van der Waals surface area contributed by atoms with Gasteiger partial charge in [-0.1, -0.05) is 55.8 Å². The molecule has 7 N–H and O–H groups in total. The van der Waals surface area contributed by atoms with E-state index in [-0.39, 0.29) is 37.6 Å². The van der Waals surface area contributed by atoms with Gasteiger partial charge in [0, 0.05) is 64.4 Å². The summed E-state index contributed by atoms with van der Waals surface area (Å²) < 4.78 is 80.6. The van der Waals surface area contributed by atoms with Crippen LogP contribution in [0.15, 0.2) is 48.1 Å².